The Morgan fingerprint density at radius 3 is 2.68 bits per heavy atom. The number of ether oxygens (including phenoxy) is 4. The molecule has 1 aromatic heterocycles. The third-order valence-electron chi connectivity index (χ3n) is 6.77. The third-order valence-corrected chi connectivity index (χ3v) is 6.77. The molecule has 0 N–H and O–H groups in total. The molecule has 2 saturated heterocycles. The molecule has 34 heavy (non-hydrogen) atoms. The molecule has 10 nitrogen and oxygen atoms in total. The number of fused-ring (bicyclic) bond motifs is 1. The van der Waals surface area contributed by atoms with E-state index in [0.717, 1.165) is 57.7 Å². The van der Waals surface area contributed by atoms with Crippen LogP contribution < -0.4 is 14.4 Å². The highest BCUT2D eigenvalue weighted by Crippen LogP contribution is 2.32. The molecule has 4 heterocycles. The van der Waals surface area contributed by atoms with Gasteiger partial charge in [-0.1, -0.05) is 0 Å². The minimum atomic E-state index is -0.622. The van der Waals surface area contributed by atoms with E-state index >= 15 is 0 Å². The van der Waals surface area contributed by atoms with Crippen molar-refractivity contribution in [2.24, 2.45) is 5.92 Å². The SMILES string of the molecule is CC1(COc2ccc(N3CCC(COC4CCCCO4)CC3)cc2)Cn2cc([N+](=O)[O-])nc2O1. The molecular formula is C24H32N4O6. The smallest absolute Gasteiger partial charge is 0.415 e. The molecule has 1 aromatic carbocycles. The summed E-state index contributed by atoms with van der Waals surface area (Å²) in [7, 11) is 0. The molecule has 0 aliphatic carbocycles. The molecule has 0 radical (unpaired) electrons. The van der Waals surface area contributed by atoms with Crippen molar-refractivity contribution in [3.05, 3.63) is 40.6 Å². The number of imidazole rings is 1. The fraction of sp³-hybridized carbons (Fsp3) is 0.625. The highest BCUT2D eigenvalue weighted by molar-refractivity contribution is 5.49. The molecule has 3 aliphatic rings. The van der Waals surface area contributed by atoms with Gasteiger partial charge in [0, 0.05) is 30.4 Å². The predicted molar refractivity (Wildman–Crippen MR) is 124 cm³/mol. The molecule has 2 unspecified atom stereocenters. The van der Waals surface area contributed by atoms with Gasteiger partial charge >= 0.3 is 11.8 Å². The topological polar surface area (TPSA) is 101 Å². The highest BCUT2D eigenvalue weighted by Gasteiger charge is 2.41. The second-order valence-electron chi connectivity index (χ2n) is 9.66. The molecule has 2 atom stereocenters. The first-order chi connectivity index (χ1) is 16.5. The summed E-state index contributed by atoms with van der Waals surface area (Å²) in [5, 5.41) is 10.9. The fourth-order valence-corrected chi connectivity index (χ4v) is 4.79. The minimum Gasteiger partial charge on any atom is -0.489 e. The van der Waals surface area contributed by atoms with E-state index in [1.807, 2.05) is 19.1 Å². The van der Waals surface area contributed by atoms with E-state index in [0.29, 0.717) is 19.1 Å². The van der Waals surface area contributed by atoms with Crippen LogP contribution in [0, 0.1) is 16.0 Å². The van der Waals surface area contributed by atoms with Crippen molar-refractivity contribution in [2.45, 2.75) is 57.5 Å². The molecular weight excluding hydrogens is 440 g/mol. The van der Waals surface area contributed by atoms with E-state index < -0.39 is 10.5 Å². The summed E-state index contributed by atoms with van der Waals surface area (Å²) in [6.45, 7) is 6.33. The Labute approximate surface area is 198 Å². The number of benzene rings is 1. The van der Waals surface area contributed by atoms with Gasteiger partial charge in [0.25, 0.3) is 0 Å². The molecule has 184 valence electrons. The van der Waals surface area contributed by atoms with Gasteiger partial charge in [0.1, 0.15) is 18.6 Å². The monoisotopic (exact) mass is 472 g/mol. The number of nitrogens with zero attached hydrogens (tertiary/aromatic N) is 4. The molecule has 5 rings (SSSR count). The lowest BCUT2D eigenvalue weighted by Crippen LogP contribution is -2.38. The summed E-state index contributed by atoms with van der Waals surface area (Å²) >= 11 is 0. The number of aromatic nitrogens is 2. The molecule has 0 amide bonds. The van der Waals surface area contributed by atoms with Crippen LogP contribution in [-0.4, -0.2) is 59.3 Å². The predicted octanol–water partition coefficient (Wildman–Crippen LogP) is 3.78. The summed E-state index contributed by atoms with van der Waals surface area (Å²) in [5.74, 6) is 1.15. The van der Waals surface area contributed by atoms with E-state index in [1.54, 1.807) is 4.57 Å². The van der Waals surface area contributed by atoms with Crippen LogP contribution in [-0.2, 0) is 16.0 Å². The largest absolute Gasteiger partial charge is 0.489 e. The van der Waals surface area contributed by atoms with Gasteiger partial charge in [-0.3, -0.25) is 4.57 Å². The Kier molecular flexibility index (Phi) is 6.60. The number of nitro groups is 1. The van der Waals surface area contributed by atoms with Crippen LogP contribution in [0.5, 0.6) is 11.8 Å². The first kappa shape index (κ1) is 22.9. The van der Waals surface area contributed by atoms with E-state index in [4.69, 9.17) is 18.9 Å². The third kappa shape index (κ3) is 5.28. The Hall–Kier alpha value is -2.85. The number of anilines is 1. The standard InChI is InChI=1S/C24H32N4O6/c1-24(16-27-14-21(28(29)30)25-23(27)34-24)17-33-20-7-5-19(6-8-20)26-11-9-18(10-12-26)15-32-22-4-2-3-13-31-22/h5-8,14,18,22H,2-4,9-13,15-17H2,1H3. The molecule has 3 aliphatic heterocycles. The van der Waals surface area contributed by atoms with Crippen LogP contribution in [0.2, 0.25) is 0 Å². The van der Waals surface area contributed by atoms with Gasteiger partial charge in [0.2, 0.25) is 0 Å². The summed E-state index contributed by atoms with van der Waals surface area (Å²) in [6, 6.07) is 8.40. The normalized spacial score (nSPS) is 25.1. The highest BCUT2D eigenvalue weighted by atomic mass is 16.7. The molecule has 0 spiro atoms. The first-order valence-corrected chi connectivity index (χ1v) is 12.1. The number of hydrogen-bond acceptors (Lipinski definition) is 8. The summed E-state index contributed by atoms with van der Waals surface area (Å²) in [4.78, 5) is 16.7. The second kappa shape index (κ2) is 9.79. The lowest BCUT2D eigenvalue weighted by atomic mass is 9.97. The maximum atomic E-state index is 10.9. The van der Waals surface area contributed by atoms with Gasteiger partial charge in [0.05, 0.1) is 13.2 Å². The van der Waals surface area contributed by atoms with Gasteiger partial charge in [0.15, 0.2) is 11.9 Å². The Balaban J connectivity index is 1.06. The zero-order chi connectivity index (χ0) is 23.5. The van der Waals surface area contributed by atoms with Crippen molar-refractivity contribution >= 4 is 11.5 Å². The number of piperidine rings is 1. The molecule has 0 bridgehead atoms. The molecule has 2 aromatic rings. The van der Waals surface area contributed by atoms with E-state index in [-0.39, 0.29) is 18.1 Å². The van der Waals surface area contributed by atoms with Crippen LogP contribution in [0.1, 0.15) is 39.0 Å². The van der Waals surface area contributed by atoms with Crippen LogP contribution >= 0.6 is 0 Å². The van der Waals surface area contributed by atoms with Crippen LogP contribution in [0.25, 0.3) is 0 Å². The number of rotatable bonds is 8. The van der Waals surface area contributed by atoms with E-state index in [2.05, 4.69) is 22.0 Å². The van der Waals surface area contributed by atoms with Crippen LogP contribution in [0.15, 0.2) is 30.5 Å². The quantitative estimate of drug-likeness (QED) is 0.423. The van der Waals surface area contributed by atoms with Crippen molar-refractivity contribution in [3.8, 4) is 11.8 Å². The van der Waals surface area contributed by atoms with Crippen LogP contribution in [0.3, 0.4) is 0 Å². The maximum Gasteiger partial charge on any atom is 0.415 e. The zero-order valence-electron chi connectivity index (χ0n) is 19.6. The van der Waals surface area contributed by atoms with E-state index in [9.17, 15) is 10.1 Å². The van der Waals surface area contributed by atoms with Crippen LogP contribution in [0.4, 0.5) is 11.5 Å². The first-order valence-electron chi connectivity index (χ1n) is 12.1. The summed E-state index contributed by atoms with van der Waals surface area (Å²) in [5.41, 5.74) is 0.570. The van der Waals surface area contributed by atoms with Crippen molar-refractivity contribution in [1.82, 2.24) is 9.55 Å². The average molecular weight is 473 g/mol. The lowest BCUT2D eigenvalue weighted by Gasteiger charge is -2.34. The fourth-order valence-electron chi connectivity index (χ4n) is 4.79. The van der Waals surface area contributed by atoms with Gasteiger partial charge in [-0.25, -0.2) is 0 Å². The molecule has 2 fully saturated rings. The molecule has 0 saturated carbocycles. The van der Waals surface area contributed by atoms with Crippen molar-refractivity contribution in [3.63, 3.8) is 0 Å². The van der Waals surface area contributed by atoms with Crippen molar-refractivity contribution in [2.75, 3.05) is 37.8 Å². The van der Waals surface area contributed by atoms with Gasteiger partial charge in [-0.05, 0) is 74.1 Å². The average Bonchev–Trinajstić information content (AvgIpc) is 3.39. The Bertz CT molecular complexity index is 956. The Morgan fingerprint density at radius 1 is 1.21 bits per heavy atom. The van der Waals surface area contributed by atoms with Gasteiger partial charge in [-0.2, -0.15) is 0 Å². The molecule has 10 heteroatoms. The summed E-state index contributed by atoms with van der Waals surface area (Å²) < 4.78 is 25.1. The number of hydrogen-bond donors (Lipinski definition) is 0. The van der Waals surface area contributed by atoms with Gasteiger partial charge < -0.3 is 34.0 Å². The van der Waals surface area contributed by atoms with Gasteiger partial charge in [-0.15, -0.1) is 0 Å². The lowest BCUT2D eigenvalue weighted by molar-refractivity contribution is -0.389. The Morgan fingerprint density at radius 2 is 2.00 bits per heavy atom. The second-order valence-corrected chi connectivity index (χ2v) is 9.66. The maximum absolute atomic E-state index is 10.9. The van der Waals surface area contributed by atoms with Crippen molar-refractivity contribution < 1.29 is 23.9 Å². The summed E-state index contributed by atoms with van der Waals surface area (Å²) in [6.07, 6.45) is 7.00. The van der Waals surface area contributed by atoms with E-state index in [1.165, 1.54) is 18.3 Å². The zero-order valence-corrected chi connectivity index (χ0v) is 19.6. The van der Waals surface area contributed by atoms with Crippen molar-refractivity contribution in [1.29, 1.82) is 0 Å². The minimum absolute atomic E-state index is 0.00372.